The summed E-state index contributed by atoms with van der Waals surface area (Å²) in [4.78, 5) is 16.8. The Morgan fingerprint density at radius 1 is 1.00 bits per heavy atom. The number of nitrogen functional groups attached to an aromatic ring is 1. The number of nitrogens with zero attached hydrogens (tertiary/aromatic N) is 1. The van der Waals surface area contributed by atoms with Gasteiger partial charge in [0.1, 0.15) is 0 Å². The Morgan fingerprint density at radius 2 is 1.67 bits per heavy atom. The molecule has 1 heterocycles. The van der Waals surface area contributed by atoms with Gasteiger partial charge in [0.05, 0.1) is 21.2 Å². The van der Waals surface area contributed by atoms with E-state index in [0.29, 0.717) is 11.1 Å². The van der Waals surface area contributed by atoms with Crippen LogP contribution in [0.2, 0.25) is 10.0 Å². The molecule has 0 bridgehead atoms. The minimum Gasteiger partial charge on any atom is -0.396 e. The maximum absolute atomic E-state index is 12.5. The molecule has 0 saturated heterocycles. The number of hydrogen-bond acceptors (Lipinski definition) is 3. The van der Waals surface area contributed by atoms with Crippen LogP contribution in [0.25, 0.3) is 10.9 Å². The van der Waals surface area contributed by atoms with Crippen molar-refractivity contribution in [3.05, 3.63) is 69.8 Å². The summed E-state index contributed by atoms with van der Waals surface area (Å²) >= 11 is 11.9. The average molecular weight is 317 g/mol. The van der Waals surface area contributed by atoms with Crippen molar-refractivity contribution in [2.24, 2.45) is 0 Å². The maximum Gasteiger partial charge on any atom is 0.194 e. The summed E-state index contributed by atoms with van der Waals surface area (Å²) < 4.78 is 0. The van der Waals surface area contributed by atoms with Crippen molar-refractivity contribution in [1.82, 2.24) is 4.98 Å². The molecule has 0 atom stereocenters. The van der Waals surface area contributed by atoms with E-state index in [0.717, 1.165) is 10.9 Å². The summed E-state index contributed by atoms with van der Waals surface area (Å²) in [5.41, 5.74) is 7.64. The van der Waals surface area contributed by atoms with Crippen LogP contribution in [0.4, 0.5) is 5.69 Å². The SMILES string of the molecule is Nc1c(Cl)cc(C(=O)c2cnc3ccccc3c2)cc1Cl. The topological polar surface area (TPSA) is 56.0 Å². The smallest absolute Gasteiger partial charge is 0.194 e. The predicted molar refractivity (Wildman–Crippen MR) is 86.0 cm³/mol. The Bertz CT molecular complexity index is 839. The van der Waals surface area contributed by atoms with Gasteiger partial charge in [-0.25, -0.2) is 0 Å². The van der Waals surface area contributed by atoms with E-state index in [4.69, 9.17) is 28.9 Å². The molecule has 3 nitrogen and oxygen atoms in total. The molecule has 0 aliphatic heterocycles. The van der Waals surface area contributed by atoms with Gasteiger partial charge in [0.2, 0.25) is 0 Å². The van der Waals surface area contributed by atoms with Gasteiger partial charge < -0.3 is 5.73 Å². The van der Waals surface area contributed by atoms with Gasteiger partial charge in [-0.1, -0.05) is 41.4 Å². The van der Waals surface area contributed by atoms with Gasteiger partial charge in [-0.3, -0.25) is 9.78 Å². The molecule has 0 radical (unpaired) electrons. The molecular weight excluding hydrogens is 307 g/mol. The lowest BCUT2D eigenvalue weighted by Gasteiger charge is -2.06. The number of anilines is 1. The highest BCUT2D eigenvalue weighted by Crippen LogP contribution is 2.30. The summed E-state index contributed by atoms with van der Waals surface area (Å²) in [6.07, 6.45) is 1.54. The zero-order valence-electron chi connectivity index (χ0n) is 10.8. The fraction of sp³-hybridized carbons (Fsp3) is 0. The Morgan fingerprint density at radius 3 is 2.38 bits per heavy atom. The van der Waals surface area contributed by atoms with Gasteiger partial charge in [0.15, 0.2) is 5.78 Å². The zero-order chi connectivity index (χ0) is 15.0. The van der Waals surface area contributed by atoms with Crippen LogP contribution in [0, 0.1) is 0 Å². The van der Waals surface area contributed by atoms with E-state index in [1.165, 1.54) is 12.1 Å². The number of rotatable bonds is 2. The molecule has 3 rings (SSSR count). The first-order valence-electron chi connectivity index (χ1n) is 6.20. The summed E-state index contributed by atoms with van der Waals surface area (Å²) in [6.45, 7) is 0. The molecule has 0 amide bonds. The van der Waals surface area contributed by atoms with E-state index in [9.17, 15) is 4.79 Å². The van der Waals surface area contributed by atoms with Crippen molar-refractivity contribution < 1.29 is 4.79 Å². The lowest BCUT2D eigenvalue weighted by Crippen LogP contribution is -2.03. The van der Waals surface area contributed by atoms with Crippen LogP contribution < -0.4 is 5.73 Å². The van der Waals surface area contributed by atoms with Crippen LogP contribution in [0.3, 0.4) is 0 Å². The zero-order valence-corrected chi connectivity index (χ0v) is 12.3. The molecule has 21 heavy (non-hydrogen) atoms. The number of benzene rings is 2. The number of aromatic nitrogens is 1. The van der Waals surface area contributed by atoms with E-state index < -0.39 is 0 Å². The van der Waals surface area contributed by atoms with Crippen LogP contribution in [-0.2, 0) is 0 Å². The van der Waals surface area contributed by atoms with Crippen LogP contribution in [0.15, 0.2) is 48.7 Å². The Kier molecular flexibility index (Phi) is 3.53. The normalized spacial score (nSPS) is 10.8. The second kappa shape index (κ2) is 5.35. The standard InChI is InChI=1S/C16H10Cl2N2O/c17-12-6-10(7-13(18)15(12)19)16(21)11-5-9-3-1-2-4-14(9)20-8-11/h1-8H,19H2. The number of hydrogen-bond donors (Lipinski definition) is 1. The molecule has 0 unspecified atom stereocenters. The van der Waals surface area contributed by atoms with Crippen molar-refractivity contribution >= 4 is 45.6 Å². The van der Waals surface area contributed by atoms with E-state index in [2.05, 4.69) is 4.98 Å². The molecule has 2 aromatic carbocycles. The highest BCUT2D eigenvalue weighted by Gasteiger charge is 2.14. The number of halogens is 2. The number of para-hydroxylation sites is 1. The van der Waals surface area contributed by atoms with Gasteiger partial charge in [0.25, 0.3) is 0 Å². The molecule has 5 heteroatoms. The molecule has 0 saturated carbocycles. The highest BCUT2D eigenvalue weighted by molar-refractivity contribution is 6.39. The monoisotopic (exact) mass is 316 g/mol. The van der Waals surface area contributed by atoms with Gasteiger partial charge in [-0.15, -0.1) is 0 Å². The number of nitrogens with two attached hydrogens (primary N) is 1. The molecule has 0 spiro atoms. The molecule has 2 N–H and O–H groups in total. The number of pyridine rings is 1. The van der Waals surface area contributed by atoms with E-state index in [1.807, 2.05) is 24.3 Å². The van der Waals surface area contributed by atoms with Crippen LogP contribution in [-0.4, -0.2) is 10.8 Å². The lowest BCUT2D eigenvalue weighted by atomic mass is 10.0. The number of fused-ring (bicyclic) bond motifs is 1. The third kappa shape index (κ3) is 2.58. The van der Waals surface area contributed by atoms with Gasteiger partial charge in [-0.05, 0) is 24.3 Å². The molecule has 0 fully saturated rings. The molecular formula is C16H10Cl2N2O. The van der Waals surface area contributed by atoms with Crippen molar-refractivity contribution in [2.75, 3.05) is 5.73 Å². The summed E-state index contributed by atoms with van der Waals surface area (Å²) in [5, 5.41) is 1.43. The van der Waals surface area contributed by atoms with Gasteiger partial charge >= 0.3 is 0 Å². The van der Waals surface area contributed by atoms with Crippen molar-refractivity contribution in [1.29, 1.82) is 0 Å². The minimum atomic E-state index is -0.197. The third-order valence-electron chi connectivity index (χ3n) is 3.19. The maximum atomic E-state index is 12.5. The Labute approximate surface area is 131 Å². The van der Waals surface area contributed by atoms with Gasteiger partial charge in [0, 0.05) is 22.7 Å². The van der Waals surface area contributed by atoms with Crippen LogP contribution >= 0.6 is 23.2 Å². The quantitative estimate of drug-likeness (QED) is 0.564. The summed E-state index contributed by atoms with van der Waals surface area (Å²) in [6, 6.07) is 12.4. The number of carbonyl (C=O) groups is 1. The molecule has 0 aliphatic carbocycles. The van der Waals surface area contributed by atoms with E-state index in [1.54, 1.807) is 12.3 Å². The first-order valence-corrected chi connectivity index (χ1v) is 6.96. The second-order valence-corrected chi connectivity index (χ2v) is 5.41. The van der Waals surface area contributed by atoms with Crippen LogP contribution in [0.5, 0.6) is 0 Å². The Balaban J connectivity index is 2.08. The van der Waals surface area contributed by atoms with Gasteiger partial charge in [-0.2, -0.15) is 0 Å². The van der Waals surface area contributed by atoms with E-state index in [-0.39, 0.29) is 21.5 Å². The Hall–Kier alpha value is -2.10. The molecule has 3 aromatic rings. The first kappa shape index (κ1) is 13.9. The lowest BCUT2D eigenvalue weighted by molar-refractivity contribution is 0.103. The molecule has 1 aromatic heterocycles. The first-order chi connectivity index (χ1) is 10.1. The summed E-state index contributed by atoms with van der Waals surface area (Å²) in [5.74, 6) is -0.197. The summed E-state index contributed by atoms with van der Waals surface area (Å²) in [7, 11) is 0. The molecule has 0 aliphatic rings. The highest BCUT2D eigenvalue weighted by atomic mass is 35.5. The second-order valence-electron chi connectivity index (χ2n) is 4.60. The molecule has 104 valence electrons. The van der Waals surface area contributed by atoms with Crippen LogP contribution in [0.1, 0.15) is 15.9 Å². The van der Waals surface area contributed by atoms with Crippen molar-refractivity contribution in [2.45, 2.75) is 0 Å². The van der Waals surface area contributed by atoms with Crippen molar-refractivity contribution in [3.63, 3.8) is 0 Å². The minimum absolute atomic E-state index is 0.197. The fourth-order valence-corrected chi connectivity index (χ4v) is 2.56. The third-order valence-corrected chi connectivity index (χ3v) is 3.82. The largest absolute Gasteiger partial charge is 0.396 e. The average Bonchev–Trinajstić information content (AvgIpc) is 2.51. The number of ketones is 1. The van der Waals surface area contributed by atoms with E-state index >= 15 is 0 Å². The predicted octanol–water partition coefficient (Wildman–Crippen LogP) is 4.35. The fourth-order valence-electron chi connectivity index (χ4n) is 2.08. The number of carbonyl (C=O) groups excluding carboxylic acids is 1. The van der Waals surface area contributed by atoms with Crippen molar-refractivity contribution in [3.8, 4) is 0 Å².